The molecule has 0 spiro atoms. The van der Waals surface area contributed by atoms with Crippen LogP contribution >= 0.6 is 0 Å². The van der Waals surface area contributed by atoms with Gasteiger partial charge >= 0.3 is 0 Å². The fourth-order valence-corrected chi connectivity index (χ4v) is 1.76. The average Bonchev–Trinajstić information content (AvgIpc) is 3.09. The fraction of sp³-hybridized carbons (Fsp3) is 0.583. The minimum absolute atomic E-state index is 0.0395. The molecule has 1 aromatic heterocycles. The molecule has 1 aromatic rings. The molecule has 0 bridgehead atoms. The van der Waals surface area contributed by atoms with Crippen molar-refractivity contribution in [3.05, 3.63) is 18.1 Å². The van der Waals surface area contributed by atoms with E-state index in [2.05, 4.69) is 28.7 Å². The number of hydrogen-bond acceptors (Lipinski definition) is 4. The zero-order valence-electron chi connectivity index (χ0n) is 10.3. The van der Waals surface area contributed by atoms with E-state index in [0.29, 0.717) is 11.7 Å². The Hall–Kier alpha value is -1.65. The van der Waals surface area contributed by atoms with E-state index in [1.54, 1.807) is 12.4 Å². The van der Waals surface area contributed by atoms with Crippen LogP contribution in [0.4, 0.5) is 5.82 Å². The predicted molar refractivity (Wildman–Crippen MR) is 68.3 cm³/mol. The Balaban J connectivity index is 2.14. The normalized spacial score (nSPS) is 15.0. The summed E-state index contributed by atoms with van der Waals surface area (Å²) in [6.45, 7) is 5.36. The monoisotopic (exact) mass is 233 g/mol. The first-order chi connectivity index (χ1) is 8.08. The third kappa shape index (κ3) is 2.93. The van der Waals surface area contributed by atoms with E-state index < -0.39 is 0 Å². The molecule has 0 radical (unpaired) electrons. The van der Waals surface area contributed by atoms with Crippen molar-refractivity contribution in [1.29, 1.82) is 5.41 Å². The number of rotatable bonds is 5. The number of nitrogen functional groups attached to an aromatic ring is 1. The van der Waals surface area contributed by atoms with Crippen LogP contribution in [0, 0.1) is 11.3 Å². The van der Waals surface area contributed by atoms with Crippen LogP contribution in [0.25, 0.3) is 0 Å². The molecule has 17 heavy (non-hydrogen) atoms. The summed E-state index contributed by atoms with van der Waals surface area (Å²) < 4.78 is 0. The Morgan fingerprint density at radius 1 is 1.47 bits per heavy atom. The van der Waals surface area contributed by atoms with Crippen molar-refractivity contribution in [3.63, 3.8) is 0 Å². The van der Waals surface area contributed by atoms with E-state index >= 15 is 0 Å². The van der Waals surface area contributed by atoms with Crippen molar-refractivity contribution >= 4 is 11.7 Å². The van der Waals surface area contributed by atoms with Crippen LogP contribution in [0.3, 0.4) is 0 Å². The highest BCUT2D eigenvalue weighted by molar-refractivity contribution is 5.92. The minimum atomic E-state index is -0.0395. The third-order valence-electron chi connectivity index (χ3n) is 2.98. The summed E-state index contributed by atoms with van der Waals surface area (Å²) >= 11 is 0. The zero-order chi connectivity index (χ0) is 12.4. The first-order valence-electron chi connectivity index (χ1n) is 6.01. The lowest BCUT2D eigenvalue weighted by atomic mass is 10.2. The Morgan fingerprint density at radius 3 is 2.59 bits per heavy atom. The number of hydrogen-bond donors (Lipinski definition) is 2. The molecule has 5 nitrogen and oxygen atoms in total. The smallest absolute Gasteiger partial charge is 0.147 e. The molecule has 5 heteroatoms. The molecule has 1 saturated carbocycles. The maximum absolute atomic E-state index is 7.28. The van der Waals surface area contributed by atoms with E-state index in [1.807, 2.05) is 0 Å². The second-order valence-corrected chi connectivity index (χ2v) is 4.86. The van der Waals surface area contributed by atoms with Gasteiger partial charge in [-0.1, -0.05) is 0 Å². The van der Waals surface area contributed by atoms with Crippen LogP contribution in [0.1, 0.15) is 32.4 Å². The van der Waals surface area contributed by atoms with Gasteiger partial charge in [0.15, 0.2) is 0 Å². The van der Waals surface area contributed by atoms with Crippen molar-refractivity contribution in [3.8, 4) is 0 Å². The van der Waals surface area contributed by atoms with E-state index in [1.165, 1.54) is 12.8 Å². The lowest BCUT2D eigenvalue weighted by Crippen LogP contribution is -2.33. The molecule has 1 aliphatic carbocycles. The second-order valence-electron chi connectivity index (χ2n) is 4.86. The Morgan fingerprint density at radius 2 is 2.18 bits per heavy atom. The van der Waals surface area contributed by atoms with Gasteiger partial charge in [-0.05, 0) is 32.6 Å². The van der Waals surface area contributed by atoms with Gasteiger partial charge in [-0.3, -0.25) is 5.41 Å². The molecule has 1 heterocycles. The molecule has 0 atom stereocenters. The summed E-state index contributed by atoms with van der Waals surface area (Å²) in [4.78, 5) is 10.8. The fourth-order valence-electron chi connectivity index (χ4n) is 1.76. The topological polar surface area (TPSA) is 78.9 Å². The Kier molecular flexibility index (Phi) is 3.26. The highest BCUT2D eigenvalue weighted by Gasteiger charge is 2.26. The van der Waals surface area contributed by atoms with Gasteiger partial charge in [-0.2, -0.15) is 0 Å². The molecule has 0 saturated heterocycles. The van der Waals surface area contributed by atoms with Crippen LogP contribution < -0.4 is 10.6 Å². The van der Waals surface area contributed by atoms with Gasteiger partial charge < -0.3 is 10.6 Å². The van der Waals surface area contributed by atoms with E-state index in [4.69, 9.17) is 11.1 Å². The number of nitrogens with two attached hydrogens (primary N) is 1. The molecular weight excluding hydrogens is 214 g/mol. The van der Waals surface area contributed by atoms with E-state index in [0.717, 1.165) is 18.3 Å². The number of nitrogens with zero attached hydrogens (tertiary/aromatic N) is 3. The molecule has 0 aliphatic heterocycles. The number of aromatic nitrogens is 2. The van der Waals surface area contributed by atoms with Crippen molar-refractivity contribution in [1.82, 2.24) is 9.97 Å². The van der Waals surface area contributed by atoms with Gasteiger partial charge in [0.05, 0.1) is 12.4 Å². The molecule has 92 valence electrons. The predicted octanol–water partition coefficient (Wildman–Crippen LogP) is 1.39. The SMILES string of the molecule is CC(C)N(CC1CC1)c1cnc(C(=N)N)cn1. The summed E-state index contributed by atoms with van der Waals surface area (Å²) in [5.41, 5.74) is 5.79. The molecule has 0 amide bonds. The molecule has 3 N–H and O–H groups in total. The van der Waals surface area contributed by atoms with Gasteiger partial charge in [0, 0.05) is 12.6 Å². The quantitative estimate of drug-likeness (QED) is 0.595. The van der Waals surface area contributed by atoms with E-state index in [9.17, 15) is 0 Å². The van der Waals surface area contributed by atoms with Gasteiger partial charge in [0.1, 0.15) is 17.3 Å². The number of amidine groups is 1. The van der Waals surface area contributed by atoms with Crippen LogP contribution in [0.2, 0.25) is 0 Å². The lowest BCUT2D eigenvalue weighted by molar-refractivity contribution is 0.635. The Labute approximate surface area is 102 Å². The van der Waals surface area contributed by atoms with Crippen LogP contribution in [-0.4, -0.2) is 28.4 Å². The third-order valence-corrected chi connectivity index (χ3v) is 2.98. The molecule has 1 aliphatic rings. The van der Waals surface area contributed by atoms with Crippen LogP contribution in [0.15, 0.2) is 12.4 Å². The van der Waals surface area contributed by atoms with Crippen molar-refractivity contribution in [2.45, 2.75) is 32.7 Å². The van der Waals surface area contributed by atoms with Crippen molar-refractivity contribution < 1.29 is 0 Å². The summed E-state index contributed by atoms with van der Waals surface area (Å²) in [6.07, 6.45) is 5.92. The van der Waals surface area contributed by atoms with Gasteiger partial charge in [-0.25, -0.2) is 9.97 Å². The molecule has 0 aromatic carbocycles. The van der Waals surface area contributed by atoms with Crippen molar-refractivity contribution in [2.75, 3.05) is 11.4 Å². The maximum Gasteiger partial charge on any atom is 0.147 e. The molecule has 1 fully saturated rings. The minimum Gasteiger partial charge on any atom is -0.382 e. The summed E-state index contributed by atoms with van der Waals surface area (Å²) in [6, 6.07) is 0.410. The van der Waals surface area contributed by atoms with Gasteiger partial charge in [0.25, 0.3) is 0 Å². The first kappa shape index (κ1) is 11.8. The zero-order valence-corrected chi connectivity index (χ0v) is 10.3. The highest BCUT2D eigenvalue weighted by Crippen LogP contribution is 2.31. The standard InChI is InChI=1S/C12H19N5/c1-8(2)17(7-9-3-4-9)11-6-15-10(5-16-11)12(13)14/h5-6,8-9H,3-4,7H2,1-2H3,(H3,13,14). The van der Waals surface area contributed by atoms with Crippen LogP contribution in [-0.2, 0) is 0 Å². The maximum atomic E-state index is 7.28. The Bertz CT molecular complexity index is 394. The highest BCUT2D eigenvalue weighted by atomic mass is 15.2. The van der Waals surface area contributed by atoms with Gasteiger partial charge in [0.2, 0.25) is 0 Å². The molecule has 0 unspecified atom stereocenters. The first-order valence-corrected chi connectivity index (χ1v) is 6.01. The molecular formula is C12H19N5. The lowest BCUT2D eigenvalue weighted by Gasteiger charge is -2.27. The number of anilines is 1. The van der Waals surface area contributed by atoms with E-state index in [-0.39, 0.29) is 5.84 Å². The summed E-state index contributed by atoms with van der Waals surface area (Å²) in [7, 11) is 0. The summed E-state index contributed by atoms with van der Waals surface area (Å²) in [5, 5.41) is 7.28. The largest absolute Gasteiger partial charge is 0.382 e. The van der Waals surface area contributed by atoms with Crippen LogP contribution in [0.5, 0.6) is 0 Å². The second kappa shape index (κ2) is 4.69. The summed E-state index contributed by atoms with van der Waals surface area (Å²) in [5.74, 6) is 1.64. The number of nitrogens with one attached hydrogen (secondary N) is 1. The molecule has 2 rings (SSSR count). The average molecular weight is 233 g/mol. The van der Waals surface area contributed by atoms with Crippen molar-refractivity contribution in [2.24, 2.45) is 11.7 Å². The van der Waals surface area contributed by atoms with Gasteiger partial charge in [-0.15, -0.1) is 0 Å².